The van der Waals surface area contributed by atoms with E-state index in [9.17, 15) is 14.0 Å². The molecule has 1 saturated heterocycles. The summed E-state index contributed by atoms with van der Waals surface area (Å²) in [6.07, 6.45) is 2.38. The van der Waals surface area contributed by atoms with Crippen molar-refractivity contribution in [3.05, 3.63) is 69.6 Å². The number of likely N-dealkylation sites (tertiary alicyclic amines) is 1. The lowest BCUT2D eigenvalue weighted by Gasteiger charge is -2.36. The molecule has 1 aromatic heterocycles. The van der Waals surface area contributed by atoms with Crippen molar-refractivity contribution in [1.29, 1.82) is 0 Å². The number of hydrogen-bond donors (Lipinski definition) is 1. The molecule has 0 aliphatic carbocycles. The number of rotatable bonds is 2. The molecule has 2 aliphatic rings. The van der Waals surface area contributed by atoms with E-state index < -0.39 is 0 Å². The molecule has 1 N–H and O–H groups in total. The Hall–Kier alpha value is -2.67. The number of nitrogens with zero attached hydrogens (tertiary/aromatic N) is 2. The monoisotopic (exact) mass is 483 g/mol. The van der Waals surface area contributed by atoms with Crippen LogP contribution in [0.5, 0.6) is 0 Å². The smallest absolute Gasteiger partial charge is 0.253 e. The molecule has 0 saturated carbocycles. The predicted octanol–water partition coefficient (Wildman–Crippen LogP) is 4.51. The molecule has 31 heavy (non-hydrogen) atoms. The van der Waals surface area contributed by atoms with Crippen molar-refractivity contribution in [1.82, 2.24) is 14.8 Å². The molecule has 0 spiro atoms. The zero-order chi connectivity index (χ0) is 21.5. The maximum Gasteiger partial charge on any atom is 0.253 e. The minimum absolute atomic E-state index is 0.117. The first-order chi connectivity index (χ1) is 15.0. The lowest BCUT2D eigenvalue weighted by Crippen LogP contribution is -2.47. The summed E-state index contributed by atoms with van der Waals surface area (Å²) < 4.78 is 14.2. The van der Waals surface area contributed by atoms with Crippen molar-refractivity contribution in [2.75, 3.05) is 19.6 Å². The van der Waals surface area contributed by atoms with E-state index in [2.05, 4.69) is 27.0 Å². The number of H-pyrrole nitrogens is 1. The van der Waals surface area contributed by atoms with E-state index in [1.165, 1.54) is 35.5 Å². The van der Waals surface area contributed by atoms with Gasteiger partial charge in [-0.15, -0.1) is 0 Å². The van der Waals surface area contributed by atoms with Gasteiger partial charge in [0.2, 0.25) is 5.91 Å². The van der Waals surface area contributed by atoms with Gasteiger partial charge in [-0.05, 0) is 59.1 Å². The Morgan fingerprint density at radius 2 is 1.87 bits per heavy atom. The summed E-state index contributed by atoms with van der Waals surface area (Å²) in [5.74, 6) is -0.583. The van der Waals surface area contributed by atoms with Gasteiger partial charge in [0.25, 0.3) is 5.91 Å². The van der Waals surface area contributed by atoms with Crippen LogP contribution in [0.1, 0.15) is 34.5 Å². The first-order valence-electron chi connectivity index (χ1n) is 10.6. The van der Waals surface area contributed by atoms with Crippen LogP contribution in [0, 0.1) is 11.7 Å². The summed E-state index contributed by atoms with van der Waals surface area (Å²) in [5, 5.41) is 1.15. The quantitative estimate of drug-likeness (QED) is 0.582. The summed E-state index contributed by atoms with van der Waals surface area (Å²) in [7, 11) is 0. The van der Waals surface area contributed by atoms with Gasteiger partial charge < -0.3 is 14.8 Å². The minimum atomic E-state index is -0.364. The number of aromatic nitrogens is 1. The van der Waals surface area contributed by atoms with Crippen molar-refractivity contribution in [2.24, 2.45) is 5.92 Å². The Morgan fingerprint density at radius 3 is 2.68 bits per heavy atom. The molecule has 3 aromatic rings. The van der Waals surface area contributed by atoms with Crippen LogP contribution in [-0.2, 0) is 17.8 Å². The second-order valence-corrected chi connectivity index (χ2v) is 9.21. The first-order valence-corrected chi connectivity index (χ1v) is 11.4. The van der Waals surface area contributed by atoms with E-state index in [-0.39, 0.29) is 23.5 Å². The SMILES string of the molecule is O=C(c1ccc(F)cc1)N1CCCC(C(=O)N2CCc3[nH]c4c(Br)cccc4c3C2)C1. The molecule has 7 heteroatoms. The molecule has 0 radical (unpaired) electrons. The fourth-order valence-corrected chi connectivity index (χ4v) is 5.25. The van der Waals surface area contributed by atoms with Gasteiger partial charge in [0.1, 0.15) is 5.82 Å². The molecule has 2 aliphatic heterocycles. The normalized spacial score (nSPS) is 18.8. The van der Waals surface area contributed by atoms with Crippen LogP contribution in [0.15, 0.2) is 46.9 Å². The maximum atomic E-state index is 13.4. The first kappa shape index (κ1) is 20.2. The van der Waals surface area contributed by atoms with Crippen LogP contribution in [-0.4, -0.2) is 46.2 Å². The number of fused-ring (bicyclic) bond motifs is 3. The van der Waals surface area contributed by atoms with Crippen LogP contribution in [0.2, 0.25) is 0 Å². The van der Waals surface area contributed by atoms with Crippen LogP contribution >= 0.6 is 15.9 Å². The van der Waals surface area contributed by atoms with E-state index in [0.717, 1.165) is 34.6 Å². The maximum absolute atomic E-state index is 13.4. The highest BCUT2D eigenvalue weighted by atomic mass is 79.9. The van der Waals surface area contributed by atoms with Crippen LogP contribution in [0.3, 0.4) is 0 Å². The van der Waals surface area contributed by atoms with Crippen molar-refractivity contribution in [3.8, 4) is 0 Å². The number of carbonyl (C=O) groups is 2. The van der Waals surface area contributed by atoms with Gasteiger partial charge in [0.05, 0.1) is 11.4 Å². The van der Waals surface area contributed by atoms with Crippen LogP contribution < -0.4 is 0 Å². The molecule has 2 aromatic carbocycles. The van der Waals surface area contributed by atoms with E-state index in [1.54, 1.807) is 4.90 Å². The number of carbonyl (C=O) groups excluding carboxylic acids is 2. The summed E-state index contributed by atoms with van der Waals surface area (Å²) in [6, 6.07) is 11.7. The molecular formula is C24H23BrFN3O2. The van der Waals surface area contributed by atoms with E-state index >= 15 is 0 Å². The molecule has 160 valence electrons. The van der Waals surface area contributed by atoms with Gasteiger partial charge >= 0.3 is 0 Å². The molecule has 3 heterocycles. The van der Waals surface area contributed by atoms with E-state index in [0.29, 0.717) is 31.7 Å². The van der Waals surface area contributed by atoms with Gasteiger partial charge in [-0.3, -0.25) is 9.59 Å². The summed E-state index contributed by atoms with van der Waals surface area (Å²) in [4.78, 5) is 33.4. The Labute approximate surface area is 188 Å². The molecule has 5 rings (SSSR count). The molecule has 1 unspecified atom stereocenters. The van der Waals surface area contributed by atoms with Gasteiger partial charge in [-0.1, -0.05) is 12.1 Å². The van der Waals surface area contributed by atoms with E-state index in [1.807, 2.05) is 17.0 Å². The van der Waals surface area contributed by atoms with Crippen molar-refractivity contribution >= 4 is 38.6 Å². The zero-order valence-electron chi connectivity index (χ0n) is 17.0. The van der Waals surface area contributed by atoms with Gasteiger partial charge in [0.15, 0.2) is 0 Å². The standard InChI is InChI=1S/C24H23BrFN3O2/c25-20-5-1-4-18-19-14-29(12-10-21(19)27-22(18)20)24(31)16-3-2-11-28(13-16)23(30)15-6-8-17(26)9-7-15/h1,4-9,16,27H,2-3,10-14H2. The third kappa shape index (κ3) is 3.76. The number of aromatic amines is 1. The van der Waals surface area contributed by atoms with Crippen molar-refractivity contribution in [2.45, 2.75) is 25.8 Å². The van der Waals surface area contributed by atoms with E-state index in [4.69, 9.17) is 0 Å². The summed E-state index contributed by atoms with van der Waals surface area (Å²) in [6.45, 7) is 2.31. The third-order valence-corrected chi connectivity index (χ3v) is 7.08. The topological polar surface area (TPSA) is 56.4 Å². The Kier molecular flexibility index (Phi) is 5.30. The van der Waals surface area contributed by atoms with Crippen molar-refractivity contribution < 1.29 is 14.0 Å². The highest BCUT2D eigenvalue weighted by molar-refractivity contribution is 9.10. The summed E-state index contributed by atoms with van der Waals surface area (Å²) >= 11 is 3.60. The number of amides is 2. The second kappa shape index (κ2) is 8.11. The number of hydrogen-bond acceptors (Lipinski definition) is 2. The average molecular weight is 484 g/mol. The third-order valence-electron chi connectivity index (χ3n) is 6.42. The number of halogens is 2. The Bertz CT molecular complexity index is 1160. The molecule has 0 bridgehead atoms. The predicted molar refractivity (Wildman–Crippen MR) is 120 cm³/mol. The molecule has 1 atom stereocenters. The van der Waals surface area contributed by atoms with Crippen LogP contribution in [0.25, 0.3) is 10.9 Å². The number of benzene rings is 2. The minimum Gasteiger partial charge on any atom is -0.357 e. The van der Waals surface area contributed by atoms with Gasteiger partial charge in [0, 0.05) is 59.3 Å². The lowest BCUT2D eigenvalue weighted by molar-refractivity contribution is -0.137. The fourth-order valence-electron chi connectivity index (χ4n) is 4.79. The Morgan fingerprint density at radius 1 is 1.06 bits per heavy atom. The second-order valence-electron chi connectivity index (χ2n) is 8.35. The van der Waals surface area contributed by atoms with Gasteiger partial charge in [-0.25, -0.2) is 4.39 Å². The Balaban J connectivity index is 1.31. The number of para-hydroxylation sites is 1. The molecule has 1 fully saturated rings. The largest absolute Gasteiger partial charge is 0.357 e. The highest BCUT2D eigenvalue weighted by Crippen LogP contribution is 2.33. The van der Waals surface area contributed by atoms with Crippen LogP contribution in [0.4, 0.5) is 4.39 Å². The van der Waals surface area contributed by atoms with Gasteiger partial charge in [-0.2, -0.15) is 0 Å². The average Bonchev–Trinajstić information content (AvgIpc) is 3.18. The molecular weight excluding hydrogens is 461 g/mol. The number of nitrogens with one attached hydrogen (secondary N) is 1. The highest BCUT2D eigenvalue weighted by Gasteiger charge is 2.33. The molecule has 5 nitrogen and oxygen atoms in total. The zero-order valence-corrected chi connectivity index (χ0v) is 18.6. The molecule has 2 amide bonds. The van der Waals surface area contributed by atoms with Crippen molar-refractivity contribution in [3.63, 3.8) is 0 Å². The summed E-state index contributed by atoms with van der Waals surface area (Å²) in [5.41, 5.74) is 3.92. The number of piperidine rings is 1. The lowest BCUT2D eigenvalue weighted by atomic mass is 9.94. The fraction of sp³-hybridized carbons (Fsp3) is 0.333.